The van der Waals surface area contributed by atoms with Crippen molar-refractivity contribution in [3.63, 3.8) is 0 Å². The molecule has 102 valence electrons. The molecule has 0 bridgehead atoms. The SMILES string of the molecule is Oc1ccc2c(c1O)-c1cccc3c1[C@@H](C2)N(P)CC3. The summed E-state index contributed by atoms with van der Waals surface area (Å²) in [5.74, 6) is -0.0337. The van der Waals surface area contributed by atoms with Crippen LogP contribution in [0.5, 0.6) is 11.5 Å². The highest BCUT2D eigenvalue weighted by molar-refractivity contribution is 7.13. The lowest BCUT2D eigenvalue weighted by Gasteiger charge is -2.39. The third-order valence-electron chi connectivity index (χ3n) is 4.49. The topological polar surface area (TPSA) is 43.7 Å². The number of phenols is 2. The van der Waals surface area contributed by atoms with E-state index < -0.39 is 0 Å². The third-order valence-corrected chi connectivity index (χ3v) is 5.11. The molecular formula is C16H16NO2P. The quantitative estimate of drug-likeness (QED) is 0.577. The van der Waals surface area contributed by atoms with Crippen LogP contribution in [0.15, 0.2) is 30.3 Å². The molecule has 4 rings (SSSR count). The zero-order valence-electron chi connectivity index (χ0n) is 11.0. The second kappa shape index (κ2) is 4.21. The van der Waals surface area contributed by atoms with Gasteiger partial charge in [0.05, 0.1) is 0 Å². The molecule has 2 aromatic rings. The van der Waals surface area contributed by atoms with Crippen molar-refractivity contribution >= 4 is 9.39 Å². The van der Waals surface area contributed by atoms with Gasteiger partial charge in [-0.25, -0.2) is 0 Å². The molecule has 0 saturated carbocycles. The van der Waals surface area contributed by atoms with Crippen LogP contribution < -0.4 is 0 Å². The van der Waals surface area contributed by atoms with Crippen molar-refractivity contribution in [2.75, 3.05) is 6.54 Å². The van der Waals surface area contributed by atoms with E-state index in [0.717, 1.165) is 36.1 Å². The highest BCUT2D eigenvalue weighted by Gasteiger charge is 2.34. The molecule has 0 spiro atoms. The van der Waals surface area contributed by atoms with Crippen molar-refractivity contribution < 1.29 is 10.2 Å². The predicted molar refractivity (Wildman–Crippen MR) is 81.8 cm³/mol. The normalized spacial score (nSPS) is 20.4. The molecule has 0 saturated heterocycles. The minimum absolute atomic E-state index is 0.00947. The first-order valence-corrected chi connectivity index (χ1v) is 7.35. The summed E-state index contributed by atoms with van der Waals surface area (Å²) in [6.45, 7) is 1.03. The highest BCUT2D eigenvalue weighted by Crippen LogP contribution is 2.50. The second-order valence-electron chi connectivity index (χ2n) is 5.55. The zero-order valence-corrected chi connectivity index (χ0v) is 12.2. The first-order valence-electron chi connectivity index (χ1n) is 6.84. The van der Waals surface area contributed by atoms with Gasteiger partial charge in [-0.1, -0.05) is 33.7 Å². The first kappa shape index (κ1) is 12.2. The van der Waals surface area contributed by atoms with Gasteiger partial charge >= 0.3 is 0 Å². The monoisotopic (exact) mass is 285 g/mol. The average Bonchev–Trinajstić information content (AvgIpc) is 2.46. The van der Waals surface area contributed by atoms with E-state index >= 15 is 0 Å². The number of nitrogens with zero attached hydrogens (tertiary/aromatic N) is 1. The number of aromatic hydroxyl groups is 2. The first-order chi connectivity index (χ1) is 9.66. The van der Waals surface area contributed by atoms with Crippen molar-refractivity contribution in [3.8, 4) is 22.6 Å². The van der Waals surface area contributed by atoms with Gasteiger partial charge in [-0.3, -0.25) is 4.67 Å². The van der Waals surface area contributed by atoms with Crippen LogP contribution in [0.4, 0.5) is 0 Å². The average molecular weight is 285 g/mol. The number of hydrogen-bond acceptors (Lipinski definition) is 3. The molecule has 1 aliphatic carbocycles. The molecule has 1 unspecified atom stereocenters. The number of rotatable bonds is 0. The lowest BCUT2D eigenvalue weighted by molar-refractivity contribution is 0.333. The maximum Gasteiger partial charge on any atom is 0.165 e. The van der Waals surface area contributed by atoms with Crippen molar-refractivity contribution in [2.45, 2.75) is 18.9 Å². The van der Waals surface area contributed by atoms with E-state index in [9.17, 15) is 10.2 Å². The summed E-state index contributed by atoms with van der Waals surface area (Å²) in [4.78, 5) is 0. The Bertz CT molecular complexity index is 714. The summed E-state index contributed by atoms with van der Waals surface area (Å²) in [5, 5.41) is 20.0. The van der Waals surface area contributed by atoms with Crippen LogP contribution in [0.2, 0.25) is 0 Å². The minimum atomic E-state index is -0.0432. The van der Waals surface area contributed by atoms with Crippen LogP contribution in [0.25, 0.3) is 11.1 Å². The molecule has 0 aromatic heterocycles. The number of phenolic OH excluding ortho intramolecular Hbond substituents is 2. The molecule has 2 atom stereocenters. The van der Waals surface area contributed by atoms with Crippen LogP contribution in [-0.2, 0) is 12.8 Å². The Morgan fingerprint density at radius 2 is 1.95 bits per heavy atom. The number of fused-ring (bicyclic) bond motifs is 2. The fourth-order valence-electron chi connectivity index (χ4n) is 3.53. The van der Waals surface area contributed by atoms with Gasteiger partial charge in [0.25, 0.3) is 0 Å². The molecule has 20 heavy (non-hydrogen) atoms. The molecule has 0 fully saturated rings. The van der Waals surface area contributed by atoms with Gasteiger partial charge in [0.15, 0.2) is 11.5 Å². The van der Waals surface area contributed by atoms with E-state index in [1.54, 1.807) is 6.07 Å². The molecule has 1 heterocycles. The molecule has 2 aliphatic rings. The van der Waals surface area contributed by atoms with E-state index in [2.05, 4.69) is 20.1 Å². The second-order valence-corrected chi connectivity index (χ2v) is 6.22. The molecular weight excluding hydrogens is 269 g/mol. The Labute approximate surface area is 120 Å². The summed E-state index contributed by atoms with van der Waals surface area (Å²) in [6, 6.07) is 10.1. The van der Waals surface area contributed by atoms with E-state index in [0.29, 0.717) is 6.04 Å². The summed E-state index contributed by atoms with van der Waals surface area (Å²) in [7, 11) is 2.83. The molecule has 3 nitrogen and oxygen atoms in total. The number of hydrogen-bond donors (Lipinski definition) is 2. The van der Waals surface area contributed by atoms with Gasteiger partial charge in [-0.05, 0) is 41.2 Å². The predicted octanol–water partition coefficient (Wildman–Crippen LogP) is 3.01. The van der Waals surface area contributed by atoms with E-state index in [4.69, 9.17) is 0 Å². The third kappa shape index (κ3) is 1.54. The molecule has 2 N–H and O–H groups in total. The van der Waals surface area contributed by atoms with Crippen molar-refractivity contribution in [2.24, 2.45) is 0 Å². The van der Waals surface area contributed by atoms with Crippen LogP contribution in [-0.4, -0.2) is 21.4 Å². The zero-order chi connectivity index (χ0) is 13.9. The highest BCUT2D eigenvalue weighted by atomic mass is 31.0. The van der Waals surface area contributed by atoms with E-state index in [-0.39, 0.29) is 11.5 Å². The van der Waals surface area contributed by atoms with Crippen LogP contribution in [0, 0.1) is 0 Å². The van der Waals surface area contributed by atoms with Crippen molar-refractivity contribution in [3.05, 3.63) is 47.0 Å². The van der Waals surface area contributed by atoms with Gasteiger partial charge in [0.2, 0.25) is 0 Å². The van der Waals surface area contributed by atoms with Gasteiger partial charge in [0.1, 0.15) is 0 Å². The van der Waals surface area contributed by atoms with Crippen LogP contribution in [0.1, 0.15) is 22.7 Å². The lowest BCUT2D eigenvalue weighted by Crippen LogP contribution is -2.31. The Hall–Kier alpha value is -1.57. The molecule has 0 amide bonds. The summed E-state index contributed by atoms with van der Waals surface area (Å²) < 4.78 is 2.30. The summed E-state index contributed by atoms with van der Waals surface area (Å²) in [6.07, 6.45) is 1.90. The number of benzene rings is 2. The minimum Gasteiger partial charge on any atom is -0.504 e. The van der Waals surface area contributed by atoms with Gasteiger partial charge < -0.3 is 10.2 Å². The Morgan fingerprint density at radius 3 is 2.80 bits per heavy atom. The molecule has 1 aliphatic heterocycles. The Morgan fingerprint density at radius 1 is 1.10 bits per heavy atom. The van der Waals surface area contributed by atoms with Crippen molar-refractivity contribution in [1.29, 1.82) is 0 Å². The largest absolute Gasteiger partial charge is 0.504 e. The summed E-state index contributed by atoms with van der Waals surface area (Å²) >= 11 is 0. The standard InChI is InChI=1S/C16H16NO2P/c18-13-5-4-10-8-12-14-9(6-7-17(12)20)2-1-3-11(14)15(10)16(13)19/h1-5,12,18-19H,6-8,20H2/t12-/m1/s1. The Balaban J connectivity index is 2.05. The molecule has 2 aromatic carbocycles. The van der Waals surface area contributed by atoms with Gasteiger partial charge in [-0.2, -0.15) is 0 Å². The summed E-state index contributed by atoms with van der Waals surface area (Å²) in [5.41, 5.74) is 5.64. The lowest BCUT2D eigenvalue weighted by atomic mass is 9.77. The van der Waals surface area contributed by atoms with E-state index in [1.807, 2.05) is 18.2 Å². The van der Waals surface area contributed by atoms with Crippen LogP contribution in [0.3, 0.4) is 0 Å². The van der Waals surface area contributed by atoms with Crippen molar-refractivity contribution in [1.82, 2.24) is 4.67 Å². The molecule has 0 radical (unpaired) electrons. The molecule has 4 heteroatoms. The fraction of sp³-hybridized carbons (Fsp3) is 0.250. The Kier molecular flexibility index (Phi) is 2.57. The maximum absolute atomic E-state index is 10.3. The van der Waals surface area contributed by atoms with Gasteiger partial charge in [0, 0.05) is 18.2 Å². The van der Waals surface area contributed by atoms with E-state index in [1.165, 1.54) is 11.1 Å². The van der Waals surface area contributed by atoms with Gasteiger partial charge in [-0.15, -0.1) is 0 Å². The fourth-order valence-corrected chi connectivity index (χ4v) is 3.92. The van der Waals surface area contributed by atoms with Crippen LogP contribution >= 0.6 is 9.39 Å². The smallest absolute Gasteiger partial charge is 0.165 e. The maximum atomic E-state index is 10.3.